The fourth-order valence-electron chi connectivity index (χ4n) is 1.99. The Morgan fingerprint density at radius 1 is 0.952 bits per heavy atom. The van der Waals surface area contributed by atoms with Crippen LogP contribution in [0.1, 0.15) is 17.2 Å². The third-order valence-electron chi connectivity index (χ3n) is 2.95. The SMILES string of the molecule is OC(Cc1c(F)cccc1F)c1ccccc1OC(F)F. The highest BCUT2D eigenvalue weighted by Gasteiger charge is 2.19. The molecule has 2 aromatic rings. The van der Waals surface area contributed by atoms with E-state index in [9.17, 15) is 22.7 Å². The second kappa shape index (κ2) is 6.58. The lowest BCUT2D eigenvalue weighted by atomic mass is 10.00. The van der Waals surface area contributed by atoms with E-state index in [1.807, 2.05) is 0 Å². The molecular formula is C15H12F4O2. The molecule has 0 aromatic heterocycles. The third-order valence-corrected chi connectivity index (χ3v) is 2.95. The van der Waals surface area contributed by atoms with E-state index in [0.717, 1.165) is 12.1 Å². The van der Waals surface area contributed by atoms with Gasteiger partial charge in [-0.25, -0.2) is 8.78 Å². The lowest BCUT2D eigenvalue weighted by molar-refractivity contribution is -0.0515. The predicted octanol–water partition coefficient (Wildman–Crippen LogP) is 3.84. The Balaban J connectivity index is 2.26. The summed E-state index contributed by atoms with van der Waals surface area (Å²) < 4.78 is 55.9. The lowest BCUT2D eigenvalue weighted by Gasteiger charge is -2.16. The largest absolute Gasteiger partial charge is 0.434 e. The van der Waals surface area contributed by atoms with Crippen LogP contribution in [0.15, 0.2) is 42.5 Å². The average Bonchev–Trinajstić information content (AvgIpc) is 2.43. The van der Waals surface area contributed by atoms with Gasteiger partial charge in [0.05, 0.1) is 6.10 Å². The molecule has 112 valence electrons. The number of hydrogen-bond acceptors (Lipinski definition) is 2. The molecule has 2 nitrogen and oxygen atoms in total. The van der Waals surface area contributed by atoms with Crippen LogP contribution in [0.2, 0.25) is 0 Å². The van der Waals surface area contributed by atoms with E-state index in [1.54, 1.807) is 0 Å². The van der Waals surface area contributed by atoms with Gasteiger partial charge in [-0.05, 0) is 18.2 Å². The maximum absolute atomic E-state index is 13.5. The Hall–Kier alpha value is -2.08. The van der Waals surface area contributed by atoms with E-state index in [4.69, 9.17) is 0 Å². The number of para-hydroxylation sites is 1. The quantitative estimate of drug-likeness (QED) is 0.850. The molecule has 6 heteroatoms. The molecular weight excluding hydrogens is 288 g/mol. The second-order valence-corrected chi connectivity index (χ2v) is 4.34. The van der Waals surface area contributed by atoms with E-state index in [-0.39, 0.29) is 23.3 Å². The summed E-state index contributed by atoms with van der Waals surface area (Å²) in [6.07, 6.45) is -1.76. The number of ether oxygens (including phenoxy) is 1. The molecule has 0 aliphatic heterocycles. The Morgan fingerprint density at radius 3 is 2.19 bits per heavy atom. The number of alkyl halides is 2. The molecule has 0 spiro atoms. The fraction of sp³-hybridized carbons (Fsp3) is 0.200. The first-order valence-electron chi connectivity index (χ1n) is 6.13. The zero-order valence-corrected chi connectivity index (χ0v) is 10.8. The number of aliphatic hydroxyl groups is 1. The molecule has 0 saturated carbocycles. The number of benzene rings is 2. The van der Waals surface area contributed by atoms with Gasteiger partial charge in [-0.2, -0.15) is 8.78 Å². The molecule has 0 heterocycles. The summed E-state index contributed by atoms with van der Waals surface area (Å²) >= 11 is 0. The van der Waals surface area contributed by atoms with Gasteiger partial charge in [-0.1, -0.05) is 24.3 Å². The van der Waals surface area contributed by atoms with Crippen LogP contribution in [0, 0.1) is 11.6 Å². The van der Waals surface area contributed by atoms with Gasteiger partial charge >= 0.3 is 6.61 Å². The van der Waals surface area contributed by atoms with Crippen molar-refractivity contribution >= 4 is 0 Å². The normalized spacial score (nSPS) is 12.5. The van der Waals surface area contributed by atoms with E-state index in [0.29, 0.717) is 0 Å². The van der Waals surface area contributed by atoms with Crippen LogP contribution in [0.4, 0.5) is 17.6 Å². The van der Waals surface area contributed by atoms with Crippen LogP contribution in [0.3, 0.4) is 0 Å². The molecule has 1 N–H and O–H groups in total. The molecule has 0 aliphatic carbocycles. The molecule has 0 aliphatic rings. The highest BCUT2D eigenvalue weighted by molar-refractivity contribution is 5.36. The van der Waals surface area contributed by atoms with Crippen LogP contribution < -0.4 is 4.74 Å². The van der Waals surface area contributed by atoms with Crippen molar-refractivity contribution < 1.29 is 27.4 Å². The molecule has 0 saturated heterocycles. The molecule has 21 heavy (non-hydrogen) atoms. The van der Waals surface area contributed by atoms with E-state index >= 15 is 0 Å². The fourth-order valence-corrected chi connectivity index (χ4v) is 1.99. The van der Waals surface area contributed by atoms with Gasteiger partial charge in [0.25, 0.3) is 0 Å². The van der Waals surface area contributed by atoms with Crippen LogP contribution in [0.5, 0.6) is 5.75 Å². The number of rotatable bonds is 5. The summed E-state index contributed by atoms with van der Waals surface area (Å²) in [5.41, 5.74) is -0.266. The van der Waals surface area contributed by atoms with E-state index < -0.39 is 24.3 Å². The van der Waals surface area contributed by atoms with Crippen LogP contribution >= 0.6 is 0 Å². The molecule has 0 bridgehead atoms. The molecule has 0 radical (unpaired) electrons. The predicted molar refractivity (Wildman–Crippen MR) is 68.1 cm³/mol. The highest BCUT2D eigenvalue weighted by Crippen LogP contribution is 2.29. The van der Waals surface area contributed by atoms with Gasteiger partial charge in [0, 0.05) is 17.5 Å². The maximum Gasteiger partial charge on any atom is 0.387 e. The minimum atomic E-state index is -3.05. The Labute approximate surface area is 118 Å². The van der Waals surface area contributed by atoms with Crippen molar-refractivity contribution in [2.24, 2.45) is 0 Å². The smallest absolute Gasteiger partial charge is 0.387 e. The van der Waals surface area contributed by atoms with E-state index in [2.05, 4.69) is 4.74 Å². The van der Waals surface area contributed by atoms with Crippen LogP contribution in [-0.2, 0) is 6.42 Å². The maximum atomic E-state index is 13.5. The molecule has 0 fully saturated rings. The van der Waals surface area contributed by atoms with Crippen molar-refractivity contribution in [3.05, 3.63) is 65.2 Å². The summed E-state index contributed by atoms with van der Waals surface area (Å²) in [4.78, 5) is 0. The molecule has 0 amide bonds. The first-order chi connectivity index (χ1) is 9.99. The van der Waals surface area contributed by atoms with Crippen molar-refractivity contribution in [2.45, 2.75) is 19.1 Å². The van der Waals surface area contributed by atoms with E-state index in [1.165, 1.54) is 30.3 Å². The van der Waals surface area contributed by atoms with Gasteiger partial charge < -0.3 is 9.84 Å². The summed E-state index contributed by atoms with van der Waals surface area (Å²) in [6.45, 7) is -3.05. The number of hydrogen-bond donors (Lipinski definition) is 1. The molecule has 1 atom stereocenters. The molecule has 2 rings (SSSR count). The third kappa shape index (κ3) is 3.72. The monoisotopic (exact) mass is 300 g/mol. The van der Waals surface area contributed by atoms with Gasteiger partial charge in [0.2, 0.25) is 0 Å². The summed E-state index contributed by atoms with van der Waals surface area (Å²) in [6, 6.07) is 8.91. The van der Waals surface area contributed by atoms with Crippen LogP contribution in [-0.4, -0.2) is 11.7 Å². The Bertz CT molecular complexity index is 596. The zero-order valence-electron chi connectivity index (χ0n) is 10.8. The Kier molecular flexibility index (Phi) is 4.80. The lowest BCUT2D eigenvalue weighted by Crippen LogP contribution is -2.10. The van der Waals surface area contributed by atoms with Crippen molar-refractivity contribution in [1.29, 1.82) is 0 Å². The van der Waals surface area contributed by atoms with Gasteiger partial charge in [0.15, 0.2) is 0 Å². The van der Waals surface area contributed by atoms with Gasteiger partial charge in [-0.3, -0.25) is 0 Å². The average molecular weight is 300 g/mol. The molecule has 1 unspecified atom stereocenters. The minimum absolute atomic E-state index is 0.0421. The summed E-state index contributed by atoms with van der Waals surface area (Å²) in [5, 5.41) is 10.1. The summed E-state index contributed by atoms with van der Waals surface area (Å²) in [5.74, 6) is -1.83. The second-order valence-electron chi connectivity index (χ2n) is 4.34. The minimum Gasteiger partial charge on any atom is -0.434 e. The zero-order chi connectivity index (χ0) is 15.4. The first kappa shape index (κ1) is 15.3. The topological polar surface area (TPSA) is 29.5 Å². The van der Waals surface area contributed by atoms with Gasteiger partial charge in [0.1, 0.15) is 17.4 Å². The standard InChI is InChI=1S/C15H12F4O2/c16-11-5-3-6-12(17)10(11)8-13(20)9-4-1-2-7-14(9)21-15(18)19/h1-7,13,15,20H,8H2. The number of aliphatic hydroxyl groups excluding tert-OH is 1. The van der Waals surface area contributed by atoms with Crippen molar-refractivity contribution in [3.8, 4) is 5.75 Å². The van der Waals surface area contributed by atoms with Crippen molar-refractivity contribution in [2.75, 3.05) is 0 Å². The first-order valence-corrected chi connectivity index (χ1v) is 6.13. The van der Waals surface area contributed by atoms with Crippen LogP contribution in [0.25, 0.3) is 0 Å². The Morgan fingerprint density at radius 2 is 1.57 bits per heavy atom. The summed E-state index contributed by atoms with van der Waals surface area (Å²) in [7, 11) is 0. The van der Waals surface area contributed by atoms with Gasteiger partial charge in [-0.15, -0.1) is 0 Å². The van der Waals surface area contributed by atoms with Crippen molar-refractivity contribution in [1.82, 2.24) is 0 Å². The molecule has 2 aromatic carbocycles. The highest BCUT2D eigenvalue weighted by atomic mass is 19.3. The van der Waals surface area contributed by atoms with Crippen molar-refractivity contribution in [3.63, 3.8) is 0 Å². The number of halogens is 4.